The highest BCUT2D eigenvalue weighted by Crippen LogP contribution is 1.95. The van der Waals surface area contributed by atoms with E-state index in [1.54, 1.807) is 0 Å². The average molecular weight is 220 g/mol. The topological polar surface area (TPSA) is 44.8 Å². The number of rotatable bonds is 8. The summed E-state index contributed by atoms with van der Waals surface area (Å²) in [6.07, 6.45) is 2.23. The highest BCUT2D eigenvalue weighted by Gasteiger charge is 2.14. The molecule has 0 rings (SSSR count). The summed E-state index contributed by atoms with van der Waals surface area (Å²) in [7, 11) is -1.77. The lowest BCUT2D eigenvalue weighted by molar-refractivity contribution is -0.139. The maximum Gasteiger partial charge on any atom is 0.360 e. The first-order valence-electron chi connectivity index (χ1n) is 5.07. The normalized spacial score (nSPS) is 10.6. The zero-order chi connectivity index (χ0) is 10.8. The van der Waals surface area contributed by atoms with Crippen LogP contribution in [0.3, 0.4) is 0 Å². The van der Waals surface area contributed by atoms with Crippen molar-refractivity contribution in [1.29, 1.82) is 0 Å². The SMILES string of the molecule is CCCO[SiH](COC(C)=O)OCCC. The van der Waals surface area contributed by atoms with Gasteiger partial charge in [-0.25, -0.2) is 0 Å². The van der Waals surface area contributed by atoms with E-state index in [4.69, 9.17) is 13.6 Å². The van der Waals surface area contributed by atoms with Crippen molar-refractivity contribution in [2.24, 2.45) is 0 Å². The van der Waals surface area contributed by atoms with Crippen LogP contribution in [0, 0.1) is 0 Å². The number of carbonyl (C=O) groups is 1. The third-order valence-corrected chi connectivity index (χ3v) is 3.09. The lowest BCUT2D eigenvalue weighted by atomic mass is 10.5. The smallest absolute Gasteiger partial charge is 0.360 e. The van der Waals surface area contributed by atoms with E-state index in [9.17, 15) is 4.79 Å². The minimum absolute atomic E-state index is 0.275. The van der Waals surface area contributed by atoms with Crippen LogP contribution in [0.25, 0.3) is 0 Å². The van der Waals surface area contributed by atoms with Crippen LogP contribution in [0.5, 0.6) is 0 Å². The van der Waals surface area contributed by atoms with Crippen molar-refractivity contribution in [2.75, 3.05) is 19.4 Å². The van der Waals surface area contributed by atoms with Gasteiger partial charge in [-0.15, -0.1) is 0 Å². The van der Waals surface area contributed by atoms with Crippen LogP contribution in [-0.4, -0.2) is 34.7 Å². The standard InChI is InChI=1S/C9H20O4Si/c1-4-6-12-14(13-7-5-2)8-11-9(3)10/h14H,4-8H2,1-3H3. The highest BCUT2D eigenvalue weighted by molar-refractivity contribution is 6.44. The van der Waals surface area contributed by atoms with E-state index < -0.39 is 9.28 Å². The van der Waals surface area contributed by atoms with Gasteiger partial charge in [0.05, 0.1) is 0 Å². The summed E-state index contributed by atoms with van der Waals surface area (Å²) < 4.78 is 15.8. The van der Waals surface area contributed by atoms with E-state index in [0.29, 0.717) is 19.4 Å². The van der Waals surface area contributed by atoms with Crippen LogP contribution in [0.4, 0.5) is 0 Å². The Balaban J connectivity index is 3.65. The van der Waals surface area contributed by atoms with Gasteiger partial charge in [0, 0.05) is 20.1 Å². The first-order chi connectivity index (χ1) is 6.70. The Bertz CT molecular complexity index is 144. The molecule has 0 amide bonds. The molecular weight excluding hydrogens is 200 g/mol. The Morgan fingerprint density at radius 2 is 1.64 bits per heavy atom. The molecule has 0 saturated carbocycles. The molecule has 5 heteroatoms. The van der Waals surface area contributed by atoms with Gasteiger partial charge in [0.15, 0.2) is 0 Å². The van der Waals surface area contributed by atoms with Crippen LogP contribution in [0.15, 0.2) is 0 Å². The lowest BCUT2D eigenvalue weighted by Gasteiger charge is -2.15. The molecule has 0 saturated heterocycles. The van der Waals surface area contributed by atoms with Crippen LogP contribution in [0.1, 0.15) is 33.6 Å². The van der Waals surface area contributed by atoms with Gasteiger partial charge in [-0.2, -0.15) is 0 Å². The fourth-order valence-corrected chi connectivity index (χ4v) is 2.48. The van der Waals surface area contributed by atoms with Crippen LogP contribution < -0.4 is 0 Å². The monoisotopic (exact) mass is 220 g/mol. The largest absolute Gasteiger partial charge is 0.464 e. The Morgan fingerprint density at radius 1 is 1.14 bits per heavy atom. The number of carbonyl (C=O) groups excluding carboxylic acids is 1. The van der Waals surface area contributed by atoms with E-state index in [1.807, 2.05) is 13.8 Å². The van der Waals surface area contributed by atoms with Gasteiger partial charge >= 0.3 is 15.3 Å². The van der Waals surface area contributed by atoms with E-state index >= 15 is 0 Å². The number of esters is 1. The zero-order valence-corrected chi connectivity index (χ0v) is 10.4. The molecule has 0 aromatic heterocycles. The van der Waals surface area contributed by atoms with Crippen LogP contribution >= 0.6 is 0 Å². The summed E-state index contributed by atoms with van der Waals surface area (Å²) in [5.74, 6) is -0.275. The molecule has 0 aliphatic rings. The summed E-state index contributed by atoms with van der Waals surface area (Å²) in [5, 5.41) is 0. The summed E-state index contributed by atoms with van der Waals surface area (Å²) >= 11 is 0. The van der Waals surface area contributed by atoms with Gasteiger partial charge in [0.2, 0.25) is 0 Å². The molecule has 0 unspecified atom stereocenters. The van der Waals surface area contributed by atoms with E-state index in [1.165, 1.54) is 6.92 Å². The second-order valence-corrected chi connectivity index (χ2v) is 4.83. The quantitative estimate of drug-likeness (QED) is 0.455. The predicted molar refractivity (Wildman–Crippen MR) is 56.3 cm³/mol. The molecule has 14 heavy (non-hydrogen) atoms. The lowest BCUT2D eigenvalue weighted by Crippen LogP contribution is -2.31. The molecular formula is C9H20O4Si. The Hall–Kier alpha value is -0.393. The number of hydrogen-bond donors (Lipinski definition) is 0. The zero-order valence-electron chi connectivity index (χ0n) is 9.25. The van der Waals surface area contributed by atoms with Crippen molar-refractivity contribution in [2.45, 2.75) is 33.6 Å². The Kier molecular flexibility index (Phi) is 8.92. The van der Waals surface area contributed by atoms with Crippen molar-refractivity contribution < 1.29 is 18.4 Å². The fourth-order valence-electron chi connectivity index (χ4n) is 0.828. The highest BCUT2D eigenvalue weighted by atomic mass is 28.3. The van der Waals surface area contributed by atoms with Gasteiger partial charge in [-0.1, -0.05) is 13.8 Å². The molecule has 0 aromatic rings. The second kappa shape index (κ2) is 9.17. The molecule has 0 aliphatic heterocycles. The first-order valence-corrected chi connectivity index (χ1v) is 6.83. The molecule has 0 fully saturated rings. The Labute approximate surface area is 87.4 Å². The Morgan fingerprint density at radius 3 is 2.00 bits per heavy atom. The van der Waals surface area contributed by atoms with Crippen molar-refractivity contribution in [3.05, 3.63) is 0 Å². The van der Waals surface area contributed by atoms with Gasteiger partial charge in [-0.05, 0) is 12.8 Å². The van der Waals surface area contributed by atoms with Crippen molar-refractivity contribution >= 4 is 15.3 Å². The third-order valence-electron chi connectivity index (χ3n) is 1.44. The van der Waals surface area contributed by atoms with Crippen LogP contribution in [-0.2, 0) is 18.4 Å². The predicted octanol–water partition coefficient (Wildman–Crippen LogP) is 1.16. The van der Waals surface area contributed by atoms with E-state index in [-0.39, 0.29) is 5.97 Å². The molecule has 0 aromatic carbocycles. The fraction of sp³-hybridized carbons (Fsp3) is 0.889. The molecule has 0 N–H and O–H groups in total. The van der Waals surface area contributed by atoms with E-state index in [0.717, 1.165) is 12.8 Å². The molecule has 4 nitrogen and oxygen atoms in total. The molecule has 0 aliphatic carbocycles. The summed E-state index contributed by atoms with van der Waals surface area (Å²) in [6, 6.07) is 0. The van der Waals surface area contributed by atoms with Crippen molar-refractivity contribution in [3.63, 3.8) is 0 Å². The number of hydrogen-bond acceptors (Lipinski definition) is 4. The van der Waals surface area contributed by atoms with Gasteiger partial charge in [0.25, 0.3) is 0 Å². The maximum atomic E-state index is 10.6. The van der Waals surface area contributed by atoms with E-state index in [2.05, 4.69) is 0 Å². The van der Waals surface area contributed by atoms with Gasteiger partial charge in [0.1, 0.15) is 6.23 Å². The first kappa shape index (κ1) is 13.6. The summed E-state index contributed by atoms with van der Waals surface area (Å²) in [6.45, 7) is 6.84. The summed E-state index contributed by atoms with van der Waals surface area (Å²) in [5.41, 5.74) is 0. The van der Waals surface area contributed by atoms with Crippen molar-refractivity contribution in [3.8, 4) is 0 Å². The minimum Gasteiger partial charge on any atom is -0.464 e. The number of ether oxygens (including phenoxy) is 1. The molecule has 0 spiro atoms. The van der Waals surface area contributed by atoms with Gasteiger partial charge in [-0.3, -0.25) is 4.79 Å². The van der Waals surface area contributed by atoms with Gasteiger partial charge < -0.3 is 13.6 Å². The molecule has 0 heterocycles. The molecule has 0 atom stereocenters. The second-order valence-electron chi connectivity index (χ2n) is 2.97. The van der Waals surface area contributed by atoms with Crippen LogP contribution in [0.2, 0.25) is 0 Å². The average Bonchev–Trinajstić information content (AvgIpc) is 2.16. The third kappa shape index (κ3) is 8.22. The maximum absolute atomic E-state index is 10.6. The summed E-state index contributed by atoms with van der Waals surface area (Å²) in [4.78, 5) is 10.6. The molecule has 0 bridgehead atoms. The molecule has 0 radical (unpaired) electrons. The van der Waals surface area contributed by atoms with Crippen molar-refractivity contribution in [1.82, 2.24) is 0 Å². The molecule has 84 valence electrons. The minimum atomic E-state index is -1.77.